The summed E-state index contributed by atoms with van der Waals surface area (Å²) in [6.07, 6.45) is 0. The van der Waals surface area contributed by atoms with Crippen LogP contribution in [0.3, 0.4) is 0 Å². The number of carbonyl (C=O) groups is 1. The molecule has 0 spiro atoms. The van der Waals surface area contributed by atoms with Crippen LogP contribution in [0.1, 0.15) is 12.5 Å². The molecule has 1 N–H and O–H groups in total. The fourth-order valence-electron chi connectivity index (χ4n) is 1.87. The van der Waals surface area contributed by atoms with Gasteiger partial charge >= 0.3 is 5.97 Å². The van der Waals surface area contributed by atoms with E-state index in [-0.39, 0.29) is 0 Å². The SMILES string of the molecule is Cc1ccc(Cl)c2ccc(N(C)C(C)C(=O)O)nc12. The van der Waals surface area contributed by atoms with E-state index in [1.165, 1.54) is 0 Å². The number of carboxylic acids is 1. The molecule has 1 heterocycles. The van der Waals surface area contributed by atoms with Crippen molar-refractivity contribution in [3.63, 3.8) is 0 Å². The van der Waals surface area contributed by atoms with Gasteiger partial charge in [0.1, 0.15) is 11.9 Å². The fourth-order valence-corrected chi connectivity index (χ4v) is 2.09. The third-order valence-corrected chi connectivity index (χ3v) is 3.62. The molecule has 0 bridgehead atoms. The second-order valence-electron chi connectivity index (χ2n) is 4.56. The molecule has 1 aromatic carbocycles. The van der Waals surface area contributed by atoms with Crippen LogP contribution >= 0.6 is 11.6 Å². The Bertz CT molecular complexity index is 643. The fraction of sp³-hybridized carbons (Fsp3) is 0.286. The molecule has 1 aromatic heterocycles. The Morgan fingerprint density at radius 2 is 2.05 bits per heavy atom. The van der Waals surface area contributed by atoms with Gasteiger partial charge in [0, 0.05) is 17.5 Å². The average Bonchev–Trinajstić information content (AvgIpc) is 2.41. The quantitative estimate of drug-likeness (QED) is 0.937. The number of anilines is 1. The molecule has 0 aliphatic rings. The van der Waals surface area contributed by atoms with E-state index in [2.05, 4.69) is 4.98 Å². The number of aromatic nitrogens is 1. The van der Waals surface area contributed by atoms with Gasteiger partial charge in [0.2, 0.25) is 0 Å². The van der Waals surface area contributed by atoms with Crippen molar-refractivity contribution in [2.24, 2.45) is 0 Å². The number of nitrogens with zero attached hydrogens (tertiary/aromatic N) is 2. The zero-order chi connectivity index (χ0) is 14.2. The van der Waals surface area contributed by atoms with Crippen molar-refractivity contribution in [3.8, 4) is 0 Å². The number of halogens is 1. The van der Waals surface area contributed by atoms with Crippen LogP contribution in [0.25, 0.3) is 10.9 Å². The van der Waals surface area contributed by atoms with Crippen LogP contribution in [0.2, 0.25) is 5.02 Å². The van der Waals surface area contributed by atoms with E-state index in [4.69, 9.17) is 16.7 Å². The second-order valence-corrected chi connectivity index (χ2v) is 4.96. The largest absolute Gasteiger partial charge is 0.480 e. The molecule has 0 amide bonds. The lowest BCUT2D eigenvalue weighted by Crippen LogP contribution is -2.36. The summed E-state index contributed by atoms with van der Waals surface area (Å²) in [5, 5.41) is 10.6. The third kappa shape index (κ3) is 2.49. The minimum Gasteiger partial charge on any atom is -0.480 e. The van der Waals surface area contributed by atoms with Gasteiger partial charge in [0.15, 0.2) is 0 Å². The Balaban J connectivity index is 2.53. The lowest BCUT2D eigenvalue weighted by atomic mass is 10.1. The maximum Gasteiger partial charge on any atom is 0.326 e. The molecule has 1 atom stereocenters. The Labute approximate surface area is 116 Å². The van der Waals surface area contributed by atoms with Gasteiger partial charge in [0.25, 0.3) is 0 Å². The van der Waals surface area contributed by atoms with Crippen molar-refractivity contribution in [2.45, 2.75) is 19.9 Å². The van der Waals surface area contributed by atoms with E-state index < -0.39 is 12.0 Å². The number of aliphatic carboxylic acids is 1. The standard InChI is InChI=1S/C14H15ClN2O2/c1-8-4-6-11(15)10-5-7-12(16-13(8)10)17(3)9(2)14(18)19/h4-7,9H,1-3H3,(H,18,19). The predicted octanol–water partition coefficient (Wildman–Crippen LogP) is 3.11. The topological polar surface area (TPSA) is 53.4 Å². The van der Waals surface area contributed by atoms with Crippen LogP contribution in [-0.4, -0.2) is 29.1 Å². The van der Waals surface area contributed by atoms with Crippen LogP contribution in [0.15, 0.2) is 24.3 Å². The van der Waals surface area contributed by atoms with Crippen LogP contribution in [0.5, 0.6) is 0 Å². The monoisotopic (exact) mass is 278 g/mol. The van der Waals surface area contributed by atoms with Gasteiger partial charge in [-0.2, -0.15) is 0 Å². The number of aryl methyl sites for hydroxylation is 1. The smallest absolute Gasteiger partial charge is 0.326 e. The van der Waals surface area contributed by atoms with Crippen LogP contribution in [-0.2, 0) is 4.79 Å². The summed E-state index contributed by atoms with van der Waals surface area (Å²) in [6.45, 7) is 3.58. The van der Waals surface area contributed by atoms with Crippen LogP contribution in [0.4, 0.5) is 5.82 Å². The van der Waals surface area contributed by atoms with Crippen molar-refractivity contribution in [2.75, 3.05) is 11.9 Å². The van der Waals surface area contributed by atoms with Crippen LogP contribution in [0, 0.1) is 6.92 Å². The van der Waals surface area contributed by atoms with E-state index in [1.807, 2.05) is 25.1 Å². The molecule has 5 heteroatoms. The molecule has 0 radical (unpaired) electrons. The predicted molar refractivity (Wildman–Crippen MR) is 77.0 cm³/mol. The molecule has 0 saturated heterocycles. The van der Waals surface area contributed by atoms with Gasteiger partial charge in [0.05, 0.1) is 5.52 Å². The molecule has 1 unspecified atom stereocenters. The lowest BCUT2D eigenvalue weighted by molar-refractivity contribution is -0.138. The molecular formula is C14H15ClN2O2. The number of rotatable bonds is 3. The molecule has 0 saturated carbocycles. The highest BCUT2D eigenvalue weighted by Crippen LogP contribution is 2.27. The summed E-state index contributed by atoms with van der Waals surface area (Å²) >= 11 is 6.13. The number of likely N-dealkylation sites (N-methyl/N-ethyl adjacent to an activating group) is 1. The van der Waals surface area contributed by atoms with Gasteiger partial charge in [-0.05, 0) is 37.6 Å². The highest BCUT2D eigenvalue weighted by Gasteiger charge is 2.18. The molecule has 100 valence electrons. The van der Waals surface area contributed by atoms with Gasteiger partial charge < -0.3 is 10.0 Å². The Hall–Kier alpha value is -1.81. The highest BCUT2D eigenvalue weighted by molar-refractivity contribution is 6.35. The van der Waals surface area contributed by atoms with Crippen molar-refractivity contribution in [3.05, 3.63) is 34.9 Å². The number of pyridine rings is 1. The number of carboxylic acid groups (broad SMARTS) is 1. The Morgan fingerprint density at radius 1 is 1.37 bits per heavy atom. The van der Waals surface area contributed by atoms with Gasteiger partial charge in [-0.3, -0.25) is 0 Å². The van der Waals surface area contributed by atoms with Crippen molar-refractivity contribution in [1.82, 2.24) is 4.98 Å². The van der Waals surface area contributed by atoms with Crippen molar-refractivity contribution >= 4 is 34.3 Å². The first-order valence-electron chi connectivity index (χ1n) is 5.93. The average molecular weight is 279 g/mol. The lowest BCUT2D eigenvalue weighted by Gasteiger charge is -2.23. The normalized spacial score (nSPS) is 12.4. The first kappa shape index (κ1) is 13.6. The van der Waals surface area contributed by atoms with Gasteiger partial charge in [-0.15, -0.1) is 0 Å². The maximum absolute atomic E-state index is 11.0. The summed E-state index contributed by atoms with van der Waals surface area (Å²) in [4.78, 5) is 17.2. The number of hydrogen-bond acceptors (Lipinski definition) is 3. The number of hydrogen-bond donors (Lipinski definition) is 1. The van der Waals surface area contributed by atoms with E-state index in [9.17, 15) is 4.79 Å². The summed E-state index contributed by atoms with van der Waals surface area (Å²) in [7, 11) is 1.72. The van der Waals surface area contributed by atoms with Gasteiger partial charge in [-0.1, -0.05) is 17.7 Å². The van der Waals surface area contributed by atoms with E-state index in [0.29, 0.717) is 10.8 Å². The molecule has 0 fully saturated rings. The summed E-state index contributed by atoms with van der Waals surface area (Å²) in [6, 6.07) is 6.77. The highest BCUT2D eigenvalue weighted by atomic mass is 35.5. The molecule has 0 aliphatic heterocycles. The third-order valence-electron chi connectivity index (χ3n) is 3.29. The molecule has 19 heavy (non-hydrogen) atoms. The molecule has 0 aliphatic carbocycles. The van der Waals surface area contributed by atoms with E-state index in [1.54, 1.807) is 24.9 Å². The first-order chi connectivity index (χ1) is 8.91. The van der Waals surface area contributed by atoms with Crippen LogP contribution < -0.4 is 4.90 Å². The van der Waals surface area contributed by atoms with Crippen molar-refractivity contribution in [1.29, 1.82) is 0 Å². The summed E-state index contributed by atoms with van der Waals surface area (Å²) in [5.74, 6) is -0.264. The molecule has 4 nitrogen and oxygen atoms in total. The van der Waals surface area contributed by atoms with Gasteiger partial charge in [-0.25, -0.2) is 9.78 Å². The molecule has 2 rings (SSSR count). The Kier molecular flexibility index (Phi) is 3.62. The van der Waals surface area contributed by atoms with E-state index in [0.717, 1.165) is 16.5 Å². The van der Waals surface area contributed by atoms with Crippen molar-refractivity contribution < 1.29 is 9.90 Å². The van der Waals surface area contributed by atoms with E-state index >= 15 is 0 Å². The first-order valence-corrected chi connectivity index (χ1v) is 6.31. The second kappa shape index (κ2) is 5.05. The summed E-state index contributed by atoms with van der Waals surface area (Å²) < 4.78 is 0. The maximum atomic E-state index is 11.0. The number of benzene rings is 1. The molecule has 2 aromatic rings. The molecular weight excluding hydrogens is 264 g/mol. The number of fused-ring (bicyclic) bond motifs is 1. The zero-order valence-corrected chi connectivity index (χ0v) is 11.8. The zero-order valence-electron chi connectivity index (χ0n) is 11.0. The summed E-state index contributed by atoms with van der Waals surface area (Å²) in [5.41, 5.74) is 1.81. The minimum atomic E-state index is -0.882. The Morgan fingerprint density at radius 3 is 2.68 bits per heavy atom. The minimum absolute atomic E-state index is 0.618.